The highest BCUT2D eigenvalue weighted by atomic mass is 16.5. The third kappa shape index (κ3) is 14.1. The Morgan fingerprint density at radius 2 is 1.20 bits per heavy atom. The highest BCUT2D eigenvalue weighted by molar-refractivity contribution is 5.88. The normalized spacial score (nSPS) is 11.3. The van der Waals surface area contributed by atoms with Gasteiger partial charge in [0.1, 0.15) is 5.75 Å². The van der Waals surface area contributed by atoms with Crippen LogP contribution in [-0.2, 0) is 9.53 Å². The summed E-state index contributed by atoms with van der Waals surface area (Å²) in [5, 5.41) is 0. The van der Waals surface area contributed by atoms with E-state index < -0.39 is 0 Å². The minimum absolute atomic E-state index is 0.173. The van der Waals surface area contributed by atoms with E-state index in [0.717, 1.165) is 44.1 Å². The Morgan fingerprint density at radius 3 is 1.71 bits per heavy atom. The second-order valence-corrected chi connectivity index (χ2v) is 9.35. The molecule has 0 saturated carbocycles. The average molecular weight is 491 g/mol. The van der Waals surface area contributed by atoms with Crippen LogP contribution >= 0.6 is 0 Å². The first-order valence-corrected chi connectivity index (χ1v) is 14.0. The molecular formula is C30H50O5. The SMILES string of the molecule is CCCCCCOc1ccc(OCCCCCC)c(OCCCCCC)c1C=CC(=O)OC(C)C. The van der Waals surface area contributed by atoms with E-state index in [1.54, 1.807) is 6.08 Å². The third-order valence-corrected chi connectivity index (χ3v) is 5.61. The Hall–Kier alpha value is -2.17. The molecule has 1 aromatic carbocycles. The van der Waals surface area contributed by atoms with Crippen LogP contribution in [0.4, 0.5) is 0 Å². The summed E-state index contributed by atoms with van der Waals surface area (Å²) in [6, 6.07) is 3.87. The molecule has 0 bridgehead atoms. The predicted molar refractivity (Wildman–Crippen MR) is 146 cm³/mol. The lowest BCUT2D eigenvalue weighted by Gasteiger charge is -2.19. The molecule has 200 valence electrons. The van der Waals surface area contributed by atoms with E-state index in [1.165, 1.54) is 44.6 Å². The maximum Gasteiger partial charge on any atom is 0.331 e. The number of rotatable bonds is 21. The van der Waals surface area contributed by atoms with Gasteiger partial charge in [-0.25, -0.2) is 4.79 Å². The Morgan fingerprint density at radius 1 is 0.714 bits per heavy atom. The minimum atomic E-state index is -0.381. The smallest absolute Gasteiger partial charge is 0.331 e. The van der Waals surface area contributed by atoms with E-state index in [-0.39, 0.29) is 12.1 Å². The number of benzene rings is 1. The van der Waals surface area contributed by atoms with E-state index in [4.69, 9.17) is 18.9 Å². The van der Waals surface area contributed by atoms with Gasteiger partial charge in [-0.05, 0) is 51.3 Å². The van der Waals surface area contributed by atoms with E-state index in [2.05, 4.69) is 20.8 Å². The van der Waals surface area contributed by atoms with Crippen molar-refractivity contribution in [2.75, 3.05) is 19.8 Å². The Kier molecular flexibility index (Phi) is 17.7. The van der Waals surface area contributed by atoms with Gasteiger partial charge in [0.25, 0.3) is 0 Å². The second-order valence-electron chi connectivity index (χ2n) is 9.35. The Balaban J connectivity index is 3.14. The molecule has 35 heavy (non-hydrogen) atoms. The summed E-state index contributed by atoms with van der Waals surface area (Å²) >= 11 is 0. The van der Waals surface area contributed by atoms with Crippen LogP contribution < -0.4 is 14.2 Å². The van der Waals surface area contributed by atoms with Crippen LogP contribution in [0.1, 0.15) is 117 Å². The van der Waals surface area contributed by atoms with Gasteiger partial charge in [0.05, 0.1) is 31.5 Å². The molecule has 0 spiro atoms. The number of hydrogen-bond acceptors (Lipinski definition) is 5. The van der Waals surface area contributed by atoms with Gasteiger partial charge in [0, 0.05) is 6.08 Å². The molecule has 0 N–H and O–H groups in total. The monoisotopic (exact) mass is 490 g/mol. The molecule has 1 rings (SSSR count). The molecule has 0 atom stereocenters. The van der Waals surface area contributed by atoms with Crippen LogP contribution in [0, 0.1) is 0 Å². The number of unbranched alkanes of at least 4 members (excludes halogenated alkanes) is 9. The lowest BCUT2D eigenvalue weighted by atomic mass is 10.1. The van der Waals surface area contributed by atoms with Crippen molar-refractivity contribution in [3.63, 3.8) is 0 Å². The van der Waals surface area contributed by atoms with E-state index in [9.17, 15) is 4.79 Å². The zero-order valence-electron chi connectivity index (χ0n) is 23.0. The maximum absolute atomic E-state index is 12.2. The fourth-order valence-electron chi connectivity index (χ4n) is 3.66. The summed E-state index contributed by atoms with van der Waals surface area (Å²) in [4.78, 5) is 12.2. The summed E-state index contributed by atoms with van der Waals surface area (Å²) in [6.45, 7) is 12.2. The summed E-state index contributed by atoms with van der Waals surface area (Å²) in [6.07, 6.45) is 16.6. The lowest BCUT2D eigenvalue weighted by molar-refractivity contribution is -0.141. The molecule has 5 nitrogen and oxygen atoms in total. The zero-order valence-corrected chi connectivity index (χ0v) is 23.0. The second kappa shape index (κ2) is 20.1. The van der Waals surface area contributed by atoms with Gasteiger partial charge in [0.15, 0.2) is 11.5 Å². The molecule has 0 fully saturated rings. The molecule has 0 unspecified atom stereocenters. The first-order valence-electron chi connectivity index (χ1n) is 14.0. The molecule has 1 aromatic rings. The number of carbonyl (C=O) groups excluding carboxylic acids is 1. The van der Waals surface area contributed by atoms with Gasteiger partial charge in [-0.1, -0.05) is 78.6 Å². The van der Waals surface area contributed by atoms with Crippen molar-refractivity contribution < 1.29 is 23.7 Å². The van der Waals surface area contributed by atoms with Crippen molar-refractivity contribution in [1.29, 1.82) is 0 Å². The summed E-state index contributed by atoms with van der Waals surface area (Å²) in [5.41, 5.74) is 0.739. The van der Waals surface area contributed by atoms with E-state index >= 15 is 0 Å². The predicted octanol–water partition coefficient (Wildman–Crippen LogP) is 8.53. The number of ether oxygens (including phenoxy) is 4. The Bertz CT molecular complexity index is 711. The number of esters is 1. The molecule has 0 radical (unpaired) electrons. The van der Waals surface area contributed by atoms with Crippen LogP contribution in [0.15, 0.2) is 18.2 Å². The number of carbonyl (C=O) groups is 1. The molecule has 0 aliphatic rings. The molecule has 0 aliphatic carbocycles. The summed E-state index contributed by atoms with van der Waals surface area (Å²) in [5.74, 6) is 1.68. The fourth-order valence-corrected chi connectivity index (χ4v) is 3.66. The average Bonchev–Trinajstić information content (AvgIpc) is 2.83. The van der Waals surface area contributed by atoms with Gasteiger partial charge in [-0.2, -0.15) is 0 Å². The highest BCUT2D eigenvalue weighted by Crippen LogP contribution is 2.39. The van der Waals surface area contributed by atoms with Crippen LogP contribution in [-0.4, -0.2) is 31.9 Å². The van der Waals surface area contributed by atoms with E-state index in [0.29, 0.717) is 37.1 Å². The largest absolute Gasteiger partial charge is 0.493 e. The lowest BCUT2D eigenvalue weighted by Crippen LogP contribution is -2.09. The van der Waals surface area contributed by atoms with Crippen molar-refractivity contribution in [3.05, 3.63) is 23.8 Å². The molecule has 0 amide bonds. The van der Waals surface area contributed by atoms with Gasteiger partial charge in [0.2, 0.25) is 0 Å². The number of hydrogen-bond donors (Lipinski definition) is 0. The van der Waals surface area contributed by atoms with Gasteiger partial charge in [-0.3, -0.25) is 0 Å². The minimum Gasteiger partial charge on any atom is -0.493 e. The molecule has 0 aliphatic heterocycles. The van der Waals surface area contributed by atoms with Gasteiger partial charge in [-0.15, -0.1) is 0 Å². The van der Waals surface area contributed by atoms with Gasteiger partial charge >= 0.3 is 5.97 Å². The van der Waals surface area contributed by atoms with Crippen molar-refractivity contribution in [2.45, 2.75) is 118 Å². The molecule has 0 heterocycles. The standard InChI is InChI=1S/C30H50O5/c1-6-9-12-15-22-32-27-19-20-28(33-23-16-13-10-7-2)30(34-24-17-14-11-8-3)26(27)18-21-29(31)35-25(4)5/h18-21,25H,6-17,22-24H2,1-5H3. The molecule has 0 saturated heterocycles. The first kappa shape index (κ1) is 30.9. The van der Waals surface area contributed by atoms with Crippen LogP contribution in [0.2, 0.25) is 0 Å². The molecule has 5 heteroatoms. The van der Waals surface area contributed by atoms with Crippen LogP contribution in [0.5, 0.6) is 17.2 Å². The van der Waals surface area contributed by atoms with E-state index in [1.807, 2.05) is 26.0 Å². The fraction of sp³-hybridized carbons (Fsp3) is 0.700. The van der Waals surface area contributed by atoms with Crippen LogP contribution in [0.25, 0.3) is 6.08 Å². The van der Waals surface area contributed by atoms with Crippen LogP contribution in [0.3, 0.4) is 0 Å². The summed E-state index contributed by atoms with van der Waals surface area (Å²) < 4.78 is 23.9. The summed E-state index contributed by atoms with van der Waals surface area (Å²) in [7, 11) is 0. The Labute approximate surface area is 214 Å². The topological polar surface area (TPSA) is 54.0 Å². The zero-order chi connectivity index (χ0) is 25.7. The maximum atomic E-state index is 12.2. The molecule has 0 aromatic heterocycles. The van der Waals surface area contributed by atoms with Crippen molar-refractivity contribution >= 4 is 12.0 Å². The highest BCUT2D eigenvalue weighted by Gasteiger charge is 2.17. The van der Waals surface area contributed by atoms with Crippen molar-refractivity contribution in [2.24, 2.45) is 0 Å². The first-order chi connectivity index (χ1) is 17.0. The molecular weight excluding hydrogens is 440 g/mol. The quantitative estimate of drug-likeness (QED) is 0.0981. The third-order valence-electron chi connectivity index (χ3n) is 5.61. The van der Waals surface area contributed by atoms with Gasteiger partial charge < -0.3 is 18.9 Å². The van der Waals surface area contributed by atoms with Crippen molar-refractivity contribution in [3.8, 4) is 17.2 Å². The van der Waals surface area contributed by atoms with Crippen molar-refractivity contribution in [1.82, 2.24) is 0 Å².